The summed E-state index contributed by atoms with van der Waals surface area (Å²) in [5.74, 6) is -1.22. The van der Waals surface area contributed by atoms with Gasteiger partial charge in [-0.1, -0.05) is 11.6 Å². The van der Waals surface area contributed by atoms with Crippen molar-refractivity contribution in [3.63, 3.8) is 0 Å². The van der Waals surface area contributed by atoms with Gasteiger partial charge in [-0.2, -0.15) is 0 Å². The van der Waals surface area contributed by atoms with Crippen LogP contribution in [0, 0.1) is 6.92 Å². The Balaban J connectivity index is 2.47. The molecule has 6 nitrogen and oxygen atoms in total. The van der Waals surface area contributed by atoms with Gasteiger partial charge < -0.3 is 9.84 Å². The molecule has 1 unspecified atom stereocenters. The number of benzene rings is 1. The van der Waals surface area contributed by atoms with Crippen LogP contribution in [0.1, 0.15) is 29.3 Å². The van der Waals surface area contributed by atoms with E-state index in [0.717, 1.165) is 0 Å². The Labute approximate surface area is 128 Å². The van der Waals surface area contributed by atoms with Crippen molar-refractivity contribution in [1.29, 1.82) is 0 Å². The maximum absolute atomic E-state index is 12.5. The molecule has 0 aliphatic carbocycles. The highest BCUT2D eigenvalue weighted by Crippen LogP contribution is 2.27. The van der Waals surface area contributed by atoms with Crippen LogP contribution in [0.2, 0.25) is 5.02 Å². The molecular formula is C13H16ClNO5S. The monoisotopic (exact) mass is 333 g/mol. The maximum atomic E-state index is 12.5. The van der Waals surface area contributed by atoms with Gasteiger partial charge in [0.15, 0.2) is 0 Å². The molecule has 1 heterocycles. The van der Waals surface area contributed by atoms with Crippen LogP contribution >= 0.6 is 11.6 Å². The Morgan fingerprint density at radius 3 is 2.67 bits per heavy atom. The Kier molecular flexibility index (Phi) is 4.30. The second-order valence-corrected chi connectivity index (χ2v) is 7.44. The summed E-state index contributed by atoms with van der Waals surface area (Å²) in [6.07, 6.45) is 0.553. The molecule has 1 aliphatic rings. The fourth-order valence-corrected chi connectivity index (χ4v) is 4.28. The number of halogens is 1. The van der Waals surface area contributed by atoms with Gasteiger partial charge in [0.05, 0.1) is 22.6 Å². The minimum absolute atomic E-state index is 0.0613. The van der Waals surface area contributed by atoms with E-state index in [2.05, 4.69) is 4.72 Å². The summed E-state index contributed by atoms with van der Waals surface area (Å²) in [5, 5.41) is 9.18. The van der Waals surface area contributed by atoms with Crippen LogP contribution in [-0.2, 0) is 14.8 Å². The zero-order valence-electron chi connectivity index (χ0n) is 11.6. The number of hydrogen-bond acceptors (Lipinski definition) is 4. The number of nitrogens with one attached hydrogen (secondary N) is 1. The molecule has 0 aromatic heterocycles. The zero-order valence-corrected chi connectivity index (χ0v) is 13.2. The van der Waals surface area contributed by atoms with Gasteiger partial charge in [-0.15, -0.1) is 0 Å². The molecule has 1 aliphatic heterocycles. The Bertz CT molecular complexity index is 680. The van der Waals surface area contributed by atoms with Crippen LogP contribution in [0.5, 0.6) is 0 Å². The van der Waals surface area contributed by atoms with Crippen molar-refractivity contribution < 1.29 is 23.1 Å². The Morgan fingerprint density at radius 1 is 1.48 bits per heavy atom. The molecule has 1 atom stereocenters. The summed E-state index contributed by atoms with van der Waals surface area (Å²) in [4.78, 5) is 11.0. The SMILES string of the molecule is Cc1c(C(=O)O)cc(Cl)cc1S(=O)(=O)NC1(C)CCOC1. The van der Waals surface area contributed by atoms with Gasteiger partial charge in [-0.05, 0) is 38.0 Å². The first kappa shape index (κ1) is 16.2. The number of sulfonamides is 1. The van der Waals surface area contributed by atoms with E-state index >= 15 is 0 Å². The molecule has 0 bridgehead atoms. The summed E-state index contributed by atoms with van der Waals surface area (Å²) in [6, 6.07) is 2.49. The maximum Gasteiger partial charge on any atom is 0.336 e. The van der Waals surface area contributed by atoms with Crippen LogP contribution < -0.4 is 4.72 Å². The fraction of sp³-hybridized carbons (Fsp3) is 0.462. The van der Waals surface area contributed by atoms with E-state index in [1.165, 1.54) is 19.1 Å². The van der Waals surface area contributed by atoms with E-state index in [9.17, 15) is 13.2 Å². The largest absolute Gasteiger partial charge is 0.478 e. The smallest absolute Gasteiger partial charge is 0.336 e. The van der Waals surface area contributed by atoms with Gasteiger partial charge in [0, 0.05) is 11.6 Å². The number of ether oxygens (including phenoxy) is 1. The van der Waals surface area contributed by atoms with Crippen LogP contribution in [-0.4, -0.2) is 38.2 Å². The molecule has 0 radical (unpaired) electrons. The number of rotatable bonds is 4. The van der Waals surface area contributed by atoms with Crippen molar-refractivity contribution in [2.75, 3.05) is 13.2 Å². The quantitative estimate of drug-likeness (QED) is 0.876. The van der Waals surface area contributed by atoms with Crippen LogP contribution in [0.25, 0.3) is 0 Å². The fourth-order valence-electron chi connectivity index (χ4n) is 2.28. The molecule has 21 heavy (non-hydrogen) atoms. The average molecular weight is 334 g/mol. The third-order valence-corrected chi connectivity index (χ3v) is 5.43. The molecule has 2 rings (SSSR count). The molecule has 8 heteroatoms. The van der Waals surface area contributed by atoms with Crippen molar-refractivity contribution in [2.24, 2.45) is 0 Å². The number of carboxylic acid groups (broad SMARTS) is 1. The lowest BCUT2D eigenvalue weighted by atomic mass is 10.0. The van der Waals surface area contributed by atoms with E-state index < -0.39 is 21.5 Å². The molecule has 1 aromatic carbocycles. The molecule has 0 saturated carbocycles. The van der Waals surface area contributed by atoms with Gasteiger partial charge in [-0.3, -0.25) is 0 Å². The topological polar surface area (TPSA) is 92.7 Å². The third kappa shape index (κ3) is 3.37. The van der Waals surface area contributed by atoms with Gasteiger partial charge in [-0.25, -0.2) is 17.9 Å². The van der Waals surface area contributed by atoms with Gasteiger partial charge in [0.2, 0.25) is 10.0 Å². The lowest BCUT2D eigenvalue weighted by Crippen LogP contribution is -2.46. The predicted molar refractivity (Wildman–Crippen MR) is 77.3 cm³/mol. The molecule has 1 saturated heterocycles. The zero-order chi connectivity index (χ0) is 15.8. The van der Waals surface area contributed by atoms with Crippen LogP contribution in [0.15, 0.2) is 17.0 Å². The van der Waals surface area contributed by atoms with E-state index in [-0.39, 0.29) is 27.7 Å². The number of hydrogen-bond donors (Lipinski definition) is 2. The molecule has 1 fully saturated rings. The van der Waals surface area contributed by atoms with Gasteiger partial charge in [0.1, 0.15) is 0 Å². The minimum atomic E-state index is -3.89. The molecule has 116 valence electrons. The molecule has 0 amide bonds. The standard InChI is InChI=1S/C13H16ClNO5S/c1-8-10(12(16)17)5-9(14)6-11(8)21(18,19)15-13(2)3-4-20-7-13/h5-6,15H,3-4,7H2,1-2H3,(H,16,17). The normalized spacial score (nSPS) is 22.4. The van der Waals surface area contributed by atoms with Crippen molar-refractivity contribution in [2.45, 2.75) is 30.7 Å². The molecule has 2 N–H and O–H groups in total. The first-order chi connectivity index (χ1) is 9.65. The molecular weight excluding hydrogens is 318 g/mol. The Hall–Kier alpha value is -1.15. The van der Waals surface area contributed by atoms with E-state index in [1.54, 1.807) is 6.92 Å². The van der Waals surface area contributed by atoms with Gasteiger partial charge in [0.25, 0.3) is 0 Å². The third-order valence-electron chi connectivity index (χ3n) is 3.44. The lowest BCUT2D eigenvalue weighted by Gasteiger charge is -2.24. The van der Waals surface area contributed by atoms with Crippen molar-refractivity contribution in [1.82, 2.24) is 4.72 Å². The molecule has 1 aromatic rings. The van der Waals surface area contributed by atoms with E-state index in [4.69, 9.17) is 21.4 Å². The first-order valence-electron chi connectivity index (χ1n) is 6.30. The van der Waals surface area contributed by atoms with Crippen LogP contribution in [0.4, 0.5) is 0 Å². The van der Waals surface area contributed by atoms with E-state index in [0.29, 0.717) is 13.0 Å². The lowest BCUT2D eigenvalue weighted by molar-refractivity contribution is 0.0696. The van der Waals surface area contributed by atoms with Gasteiger partial charge >= 0.3 is 5.97 Å². The average Bonchev–Trinajstić information content (AvgIpc) is 2.76. The van der Waals surface area contributed by atoms with Crippen LogP contribution in [0.3, 0.4) is 0 Å². The Morgan fingerprint density at radius 2 is 2.14 bits per heavy atom. The second kappa shape index (κ2) is 5.57. The second-order valence-electron chi connectivity index (χ2n) is 5.35. The highest BCUT2D eigenvalue weighted by atomic mass is 35.5. The van der Waals surface area contributed by atoms with Crippen molar-refractivity contribution in [3.05, 3.63) is 28.3 Å². The summed E-state index contributed by atoms with van der Waals surface area (Å²) < 4.78 is 32.8. The first-order valence-corrected chi connectivity index (χ1v) is 8.16. The summed E-state index contributed by atoms with van der Waals surface area (Å²) in [7, 11) is -3.89. The highest BCUT2D eigenvalue weighted by Gasteiger charge is 2.35. The van der Waals surface area contributed by atoms with E-state index in [1.807, 2.05) is 0 Å². The van der Waals surface area contributed by atoms with Crippen molar-refractivity contribution >= 4 is 27.6 Å². The molecule has 0 spiro atoms. The summed E-state index contributed by atoms with van der Waals surface area (Å²) in [5.41, 5.74) is -0.672. The summed E-state index contributed by atoms with van der Waals surface area (Å²) >= 11 is 5.84. The summed E-state index contributed by atoms with van der Waals surface area (Å²) in [6.45, 7) is 3.95. The predicted octanol–water partition coefficient (Wildman–Crippen LogP) is 1.80. The highest BCUT2D eigenvalue weighted by molar-refractivity contribution is 7.89. The number of aromatic carboxylic acids is 1. The number of carbonyl (C=O) groups is 1. The number of carboxylic acids is 1. The minimum Gasteiger partial charge on any atom is -0.478 e. The van der Waals surface area contributed by atoms with Crippen molar-refractivity contribution in [3.8, 4) is 0 Å².